The third-order valence-electron chi connectivity index (χ3n) is 4.38. The van der Waals surface area contributed by atoms with E-state index < -0.39 is 11.7 Å². The molecule has 0 bridgehead atoms. The van der Waals surface area contributed by atoms with Gasteiger partial charge in [-0.25, -0.2) is 0 Å². The zero-order valence-corrected chi connectivity index (χ0v) is 16.0. The molecular weight excluding hydrogens is 339 g/mol. The first-order valence-corrected chi connectivity index (χ1v) is 9.13. The number of nitrogens with one attached hydrogen (secondary N) is 1. The van der Waals surface area contributed by atoms with Gasteiger partial charge >= 0.3 is 6.18 Å². The molecule has 0 fully saturated rings. The Balaban J connectivity index is 2.34. The van der Waals surface area contributed by atoms with Crippen molar-refractivity contribution in [1.82, 2.24) is 15.1 Å². The summed E-state index contributed by atoms with van der Waals surface area (Å²) in [6.45, 7) is 7.58. The monoisotopic (exact) mass is 367 g/mol. The Bertz CT molecular complexity index is 705. The Labute approximate surface area is 153 Å². The SMILES string of the molecule is CCCCN(C)Cc1cn[nH]c1-c1ccc(CC(C)C)c(C(F)(F)F)c1. The predicted molar refractivity (Wildman–Crippen MR) is 98.8 cm³/mol. The average molecular weight is 367 g/mol. The molecule has 1 aromatic heterocycles. The molecule has 1 heterocycles. The minimum atomic E-state index is -4.36. The fraction of sp³-hybridized carbons (Fsp3) is 0.550. The van der Waals surface area contributed by atoms with E-state index in [9.17, 15) is 13.2 Å². The maximum atomic E-state index is 13.5. The highest BCUT2D eigenvalue weighted by molar-refractivity contribution is 5.64. The number of unbranched alkanes of at least 4 members (excludes halogenated alkanes) is 1. The quantitative estimate of drug-likeness (QED) is 0.666. The number of nitrogens with zero attached hydrogens (tertiary/aromatic N) is 2. The van der Waals surface area contributed by atoms with E-state index in [2.05, 4.69) is 22.0 Å². The lowest BCUT2D eigenvalue weighted by atomic mass is 9.94. The highest BCUT2D eigenvalue weighted by atomic mass is 19.4. The van der Waals surface area contributed by atoms with Crippen LogP contribution in [-0.4, -0.2) is 28.7 Å². The first-order valence-electron chi connectivity index (χ1n) is 9.13. The molecule has 0 spiro atoms. The minimum absolute atomic E-state index is 0.164. The summed E-state index contributed by atoms with van der Waals surface area (Å²) < 4.78 is 40.6. The van der Waals surface area contributed by atoms with E-state index in [-0.39, 0.29) is 5.92 Å². The molecule has 0 aliphatic rings. The van der Waals surface area contributed by atoms with E-state index in [0.717, 1.165) is 24.9 Å². The first kappa shape index (κ1) is 20.5. The van der Waals surface area contributed by atoms with Gasteiger partial charge in [0.05, 0.1) is 17.5 Å². The number of hydrogen-bond acceptors (Lipinski definition) is 2. The van der Waals surface area contributed by atoms with Gasteiger partial charge in [-0.2, -0.15) is 18.3 Å². The van der Waals surface area contributed by atoms with Crippen LogP contribution in [0.4, 0.5) is 13.2 Å². The van der Waals surface area contributed by atoms with Gasteiger partial charge in [-0.05, 0) is 44.0 Å². The van der Waals surface area contributed by atoms with Crippen molar-refractivity contribution in [2.24, 2.45) is 5.92 Å². The van der Waals surface area contributed by atoms with E-state index in [4.69, 9.17) is 0 Å². The lowest BCUT2D eigenvalue weighted by Gasteiger charge is -2.18. The molecule has 144 valence electrons. The van der Waals surface area contributed by atoms with Crippen LogP contribution < -0.4 is 0 Å². The predicted octanol–water partition coefficient (Wildman–Crippen LogP) is 5.53. The number of aromatic nitrogens is 2. The molecule has 0 saturated carbocycles. The van der Waals surface area contributed by atoms with Gasteiger partial charge in [0, 0.05) is 17.7 Å². The van der Waals surface area contributed by atoms with Gasteiger partial charge in [0.15, 0.2) is 0 Å². The molecule has 2 rings (SSSR count). The summed E-state index contributed by atoms with van der Waals surface area (Å²) in [6.07, 6.45) is -0.0588. The molecule has 0 unspecified atom stereocenters. The van der Waals surface area contributed by atoms with Gasteiger partial charge < -0.3 is 4.90 Å². The van der Waals surface area contributed by atoms with Crippen molar-refractivity contribution in [2.45, 2.75) is 52.8 Å². The Morgan fingerprint density at radius 1 is 1.19 bits per heavy atom. The van der Waals surface area contributed by atoms with E-state index in [1.54, 1.807) is 18.3 Å². The maximum Gasteiger partial charge on any atom is 0.416 e. The summed E-state index contributed by atoms with van der Waals surface area (Å²) in [5.74, 6) is 0.164. The van der Waals surface area contributed by atoms with Crippen LogP contribution in [0, 0.1) is 5.92 Å². The smallest absolute Gasteiger partial charge is 0.302 e. The molecule has 0 amide bonds. The molecule has 0 radical (unpaired) electrons. The molecule has 0 saturated heterocycles. The largest absolute Gasteiger partial charge is 0.416 e. The molecule has 1 aromatic carbocycles. The van der Waals surface area contributed by atoms with E-state index in [1.807, 2.05) is 20.9 Å². The number of benzene rings is 1. The summed E-state index contributed by atoms with van der Waals surface area (Å²) in [5.41, 5.74) is 1.89. The summed E-state index contributed by atoms with van der Waals surface area (Å²) in [7, 11) is 2.01. The van der Waals surface area contributed by atoms with Crippen LogP contribution in [0.3, 0.4) is 0 Å². The number of alkyl halides is 3. The van der Waals surface area contributed by atoms with E-state index in [1.165, 1.54) is 6.07 Å². The Morgan fingerprint density at radius 2 is 1.92 bits per heavy atom. The standard InChI is InChI=1S/C20H28F3N3/c1-5-6-9-26(4)13-17-12-24-25-19(17)16-8-7-15(10-14(2)3)18(11-16)20(21,22)23/h7-8,11-12,14H,5-6,9-10,13H2,1-4H3,(H,24,25). The zero-order valence-electron chi connectivity index (χ0n) is 16.0. The Kier molecular flexibility index (Phi) is 6.87. The second kappa shape index (κ2) is 8.71. The summed E-state index contributed by atoms with van der Waals surface area (Å²) >= 11 is 0. The number of hydrogen-bond donors (Lipinski definition) is 1. The Morgan fingerprint density at radius 3 is 2.54 bits per heavy atom. The van der Waals surface area contributed by atoms with Crippen molar-refractivity contribution >= 4 is 0 Å². The summed E-state index contributed by atoms with van der Waals surface area (Å²) in [4.78, 5) is 2.16. The van der Waals surface area contributed by atoms with Gasteiger partial charge in [-0.15, -0.1) is 0 Å². The summed E-state index contributed by atoms with van der Waals surface area (Å²) in [5, 5.41) is 6.94. The van der Waals surface area contributed by atoms with Crippen molar-refractivity contribution in [1.29, 1.82) is 0 Å². The first-order chi connectivity index (χ1) is 12.2. The lowest BCUT2D eigenvalue weighted by Crippen LogP contribution is -2.19. The van der Waals surface area contributed by atoms with Crippen molar-refractivity contribution in [2.75, 3.05) is 13.6 Å². The van der Waals surface area contributed by atoms with Crippen molar-refractivity contribution in [3.63, 3.8) is 0 Å². The van der Waals surface area contributed by atoms with Gasteiger partial charge in [0.2, 0.25) is 0 Å². The molecule has 3 nitrogen and oxygen atoms in total. The average Bonchev–Trinajstić information content (AvgIpc) is 2.99. The maximum absolute atomic E-state index is 13.5. The molecule has 26 heavy (non-hydrogen) atoms. The van der Waals surface area contributed by atoms with Gasteiger partial charge in [0.1, 0.15) is 0 Å². The third-order valence-corrected chi connectivity index (χ3v) is 4.38. The van der Waals surface area contributed by atoms with Crippen LogP contribution in [0.25, 0.3) is 11.3 Å². The molecule has 0 atom stereocenters. The van der Waals surface area contributed by atoms with Crippen LogP contribution >= 0.6 is 0 Å². The molecule has 1 N–H and O–H groups in total. The zero-order chi connectivity index (χ0) is 19.3. The Hall–Kier alpha value is -1.82. The molecular formula is C20H28F3N3. The fourth-order valence-electron chi connectivity index (χ4n) is 3.09. The van der Waals surface area contributed by atoms with Crippen LogP contribution in [0.15, 0.2) is 24.4 Å². The molecule has 0 aliphatic carbocycles. The fourth-order valence-corrected chi connectivity index (χ4v) is 3.09. The second-order valence-electron chi connectivity index (χ2n) is 7.33. The second-order valence-corrected chi connectivity index (χ2v) is 7.33. The normalized spacial score (nSPS) is 12.3. The van der Waals surface area contributed by atoms with Gasteiger partial charge in [0.25, 0.3) is 0 Å². The molecule has 6 heteroatoms. The minimum Gasteiger partial charge on any atom is -0.302 e. The third kappa shape index (κ3) is 5.34. The van der Waals surface area contributed by atoms with Gasteiger partial charge in [-0.1, -0.05) is 39.3 Å². The van der Waals surface area contributed by atoms with Crippen LogP contribution in [0.2, 0.25) is 0 Å². The number of aromatic amines is 1. The number of halogens is 3. The topological polar surface area (TPSA) is 31.9 Å². The van der Waals surface area contributed by atoms with Crippen molar-refractivity contribution in [3.8, 4) is 11.3 Å². The molecule has 2 aromatic rings. The summed E-state index contributed by atoms with van der Waals surface area (Å²) in [6, 6.07) is 4.61. The number of H-pyrrole nitrogens is 1. The van der Waals surface area contributed by atoms with Crippen LogP contribution in [0.5, 0.6) is 0 Å². The molecule has 0 aliphatic heterocycles. The van der Waals surface area contributed by atoms with E-state index in [0.29, 0.717) is 29.8 Å². The lowest BCUT2D eigenvalue weighted by molar-refractivity contribution is -0.138. The van der Waals surface area contributed by atoms with E-state index >= 15 is 0 Å². The van der Waals surface area contributed by atoms with Crippen LogP contribution in [-0.2, 0) is 19.1 Å². The van der Waals surface area contributed by atoms with Gasteiger partial charge in [-0.3, -0.25) is 5.10 Å². The van der Waals surface area contributed by atoms with Crippen molar-refractivity contribution < 1.29 is 13.2 Å². The highest BCUT2D eigenvalue weighted by Crippen LogP contribution is 2.36. The highest BCUT2D eigenvalue weighted by Gasteiger charge is 2.34. The van der Waals surface area contributed by atoms with Crippen LogP contribution in [0.1, 0.15) is 50.3 Å². The van der Waals surface area contributed by atoms with Crippen molar-refractivity contribution in [3.05, 3.63) is 41.1 Å². The number of rotatable bonds is 8.